The van der Waals surface area contributed by atoms with E-state index in [-0.39, 0.29) is 13.2 Å². The number of hydrogen-bond donors (Lipinski definition) is 2. The number of likely N-dealkylation sites (tertiary alicyclic amines) is 1. The zero-order chi connectivity index (χ0) is 11.3. The van der Waals surface area contributed by atoms with Crippen LogP contribution in [-0.2, 0) is 0 Å². The number of aliphatic hydroxyl groups excluding tert-OH is 2. The molecule has 1 saturated heterocycles. The highest BCUT2D eigenvalue weighted by Crippen LogP contribution is 2.20. The monoisotopic (exact) mass is 216 g/mol. The number of hydrogen-bond acceptors (Lipinski definition) is 4. The lowest BCUT2D eigenvalue weighted by molar-refractivity contribution is 0.140. The Morgan fingerprint density at radius 1 is 1.27 bits per heavy atom. The van der Waals surface area contributed by atoms with Gasteiger partial charge < -0.3 is 15.1 Å². The Bertz CT molecular complexity index is 168. The summed E-state index contributed by atoms with van der Waals surface area (Å²) in [5.41, 5.74) is 0. The third kappa shape index (κ3) is 3.72. The lowest BCUT2D eigenvalue weighted by atomic mass is 10.1. The molecule has 15 heavy (non-hydrogen) atoms. The van der Waals surface area contributed by atoms with E-state index >= 15 is 0 Å². The zero-order valence-electron chi connectivity index (χ0n) is 9.89. The summed E-state index contributed by atoms with van der Waals surface area (Å²) in [6.45, 7) is 5.38. The number of rotatable bonds is 6. The molecule has 1 heterocycles. The number of nitrogens with zero attached hydrogens (tertiary/aromatic N) is 2. The van der Waals surface area contributed by atoms with E-state index < -0.39 is 0 Å². The van der Waals surface area contributed by atoms with Crippen LogP contribution in [0.4, 0.5) is 0 Å². The second-order valence-corrected chi connectivity index (χ2v) is 4.51. The van der Waals surface area contributed by atoms with Gasteiger partial charge in [-0.1, -0.05) is 0 Å². The average Bonchev–Trinajstić information content (AvgIpc) is 2.54. The molecule has 4 nitrogen and oxygen atoms in total. The normalized spacial score (nSPS) is 27.8. The van der Waals surface area contributed by atoms with Gasteiger partial charge in [-0.15, -0.1) is 0 Å². The van der Waals surface area contributed by atoms with E-state index in [0.717, 1.165) is 26.1 Å². The van der Waals surface area contributed by atoms with Gasteiger partial charge in [0.2, 0.25) is 0 Å². The fraction of sp³-hybridized carbons (Fsp3) is 1.00. The topological polar surface area (TPSA) is 46.9 Å². The van der Waals surface area contributed by atoms with Crippen molar-refractivity contribution >= 4 is 0 Å². The Hall–Kier alpha value is -0.160. The zero-order valence-corrected chi connectivity index (χ0v) is 9.89. The number of aliphatic hydroxyl groups is 2. The molecule has 2 unspecified atom stereocenters. The molecule has 0 saturated carbocycles. The minimum atomic E-state index is 0.208. The maximum absolute atomic E-state index is 9.01. The molecule has 1 fully saturated rings. The predicted molar refractivity (Wildman–Crippen MR) is 60.9 cm³/mol. The molecule has 0 aromatic carbocycles. The number of likely N-dealkylation sites (N-methyl/N-ethyl adjacent to an activating group) is 1. The lowest BCUT2D eigenvalue weighted by Gasteiger charge is -2.27. The van der Waals surface area contributed by atoms with Crippen LogP contribution in [0.3, 0.4) is 0 Å². The fourth-order valence-corrected chi connectivity index (χ4v) is 2.30. The van der Waals surface area contributed by atoms with Crippen molar-refractivity contribution in [2.24, 2.45) is 0 Å². The second kappa shape index (κ2) is 6.43. The van der Waals surface area contributed by atoms with Crippen molar-refractivity contribution in [1.82, 2.24) is 9.80 Å². The maximum atomic E-state index is 9.01. The van der Waals surface area contributed by atoms with Crippen molar-refractivity contribution in [2.45, 2.75) is 31.8 Å². The molecule has 0 aromatic rings. The van der Waals surface area contributed by atoms with E-state index in [9.17, 15) is 0 Å². The Morgan fingerprint density at radius 2 is 2.00 bits per heavy atom. The summed E-state index contributed by atoms with van der Waals surface area (Å²) in [5, 5.41) is 17.8. The first kappa shape index (κ1) is 12.9. The molecule has 2 N–H and O–H groups in total. The van der Waals surface area contributed by atoms with Gasteiger partial charge in [-0.2, -0.15) is 0 Å². The molecule has 0 radical (unpaired) electrons. The van der Waals surface area contributed by atoms with E-state index in [1.807, 2.05) is 0 Å². The average molecular weight is 216 g/mol. The third-order valence-corrected chi connectivity index (χ3v) is 3.37. The summed E-state index contributed by atoms with van der Waals surface area (Å²) in [4.78, 5) is 4.66. The van der Waals surface area contributed by atoms with Crippen molar-refractivity contribution < 1.29 is 10.2 Å². The highest BCUT2D eigenvalue weighted by atomic mass is 16.3. The smallest absolute Gasteiger partial charge is 0.0558 e. The molecule has 0 amide bonds. The van der Waals surface area contributed by atoms with Crippen molar-refractivity contribution in [3.63, 3.8) is 0 Å². The van der Waals surface area contributed by atoms with Crippen molar-refractivity contribution in [2.75, 3.05) is 39.9 Å². The highest BCUT2D eigenvalue weighted by Gasteiger charge is 2.29. The molecule has 0 aromatic heterocycles. The molecule has 1 rings (SSSR count). The van der Waals surface area contributed by atoms with E-state index in [4.69, 9.17) is 10.2 Å². The molecule has 0 aliphatic carbocycles. The Morgan fingerprint density at radius 3 is 2.47 bits per heavy atom. The van der Waals surface area contributed by atoms with Crippen LogP contribution in [0.2, 0.25) is 0 Å². The van der Waals surface area contributed by atoms with E-state index in [0.29, 0.717) is 12.1 Å². The minimum Gasteiger partial charge on any atom is -0.396 e. The van der Waals surface area contributed by atoms with Gasteiger partial charge in [0.05, 0.1) is 6.61 Å². The maximum Gasteiger partial charge on any atom is 0.0558 e. The van der Waals surface area contributed by atoms with Gasteiger partial charge in [-0.3, -0.25) is 4.90 Å². The molecule has 4 heteroatoms. The summed E-state index contributed by atoms with van der Waals surface area (Å²) in [6, 6.07) is 1.18. The van der Waals surface area contributed by atoms with E-state index in [1.54, 1.807) is 0 Å². The van der Waals surface area contributed by atoms with Crippen LogP contribution >= 0.6 is 0 Å². The van der Waals surface area contributed by atoms with Crippen LogP contribution in [0.1, 0.15) is 19.8 Å². The van der Waals surface area contributed by atoms with Crippen LogP contribution in [0.15, 0.2) is 0 Å². The summed E-state index contributed by atoms with van der Waals surface area (Å²) in [6.07, 6.45) is 1.97. The molecule has 1 aliphatic rings. The van der Waals surface area contributed by atoms with Gasteiger partial charge in [0.15, 0.2) is 0 Å². The molecule has 2 atom stereocenters. The van der Waals surface area contributed by atoms with Gasteiger partial charge >= 0.3 is 0 Å². The molecule has 1 aliphatic heterocycles. The Balaban J connectivity index is 2.41. The van der Waals surface area contributed by atoms with Crippen LogP contribution in [0, 0.1) is 0 Å². The standard InChI is InChI=1S/C11H24N2O2/c1-10-8-11(9-12(10)2)13(5-7-15)4-3-6-14/h10-11,14-15H,3-9H2,1-2H3. The first-order valence-corrected chi connectivity index (χ1v) is 5.85. The second-order valence-electron chi connectivity index (χ2n) is 4.51. The third-order valence-electron chi connectivity index (χ3n) is 3.37. The van der Waals surface area contributed by atoms with Gasteiger partial charge in [0.25, 0.3) is 0 Å². The quantitative estimate of drug-likeness (QED) is 0.643. The largest absolute Gasteiger partial charge is 0.396 e. The van der Waals surface area contributed by atoms with Crippen molar-refractivity contribution in [1.29, 1.82) is 0 Å². The molecular formula is C11H24N2O2. The Labute approximate surface area is 92.5 Å². The lowest BCUT2D eigenvalue weighted by Crippen LogP contribution is -2.39. The fourth-order valence-electron chi connectivity index (χ4n) is 2.30. The van der Waals surface area contributed by atoms with Gasteiger partial charge in [-0.25, -0.2) is 0 Å². The molecule has 0 spiro atoms. The van der Waals surface area contributed by atoms with Crippen molar-refractivity contribution in [3.8, 4) is 0 Å². The summed E-state index contributed by atoms with van der Waals surface area (Å²) < 4.78 is 0. The minimum absolute atomic E-state index is 0.208. The van der Waals surface area contributed by atoms with Crippen LogP contribution in [0.5, 0.6) is 0 Å². The summed E-state index contributed by atoms with van der Waals surface area (Å²) in [5.74, 6) is 0. The van der Waals surface area contributed by atoms with Crippen LogP contribution in [-0.4, -0.2) is 72.0 Å². The van der Waals surface area contributed by atoms with Gasteiger partial charge in [0, 0.05) is 38.3 Å². The predicted octanol–water partition coefficient (Wildman–Crippen LogP) is -0.244. The molecule has 90 valence electrons. The van der Waals surface area contributed by atoms with Crippen molar-refractivity contribution in [3.05, 3.63) is 0 Å². The SMILES string of the molecule is CC1CC(N(CCO)CCCO)CN1C. The summed E-state index contributed by atoms with van der Waals surface area (Å²) >= 11 is 0. The highest BCUT2D eigenvalue weighted by molar-refractivity contribution is 4.86. The first-order valence-electron chi connectivity index (χ1n) is 5.85. The van der Waals surface area contributed by atoms with Gasteiger partial charge in [-0.05, 0) is 26.8 Å². The Kier molecular flexibility index (Phi) is 5.53. The molecular weight excluding hydrogens is 192 g/mol. The van der Waals surface area contributed by atoms with E-state index in [2.05, 4.69) is 23.8 Å². The molecule has 0 bridgehead atoms. The first-order chi connectivity index (χ1) is 7.19. The van der Waals surface area contributed by atoms with Gasteiger partial charge in [0.1, 0.15) is 0 Å². The van der Waals surface area contributed by atoms with Crippen LogP contribution < -0.4 is 0 Å². The summed E-state index contributed by atoms with van der Waals surface area (Å²) in [7, 11) is 2.15. The van der Waals surface area contributed by atoms with Crippen LogP contribution in [0.25, 0.3) is 0 Å². The van der Waals surface area contributed by atoms with E-state index in [1.165, 1.54) is 6.42 Å².